The average molecular weight is 499 g/mol. The first kappa shape index (κ1) is 23.9. The highest BCUT2D eigenvalue weighted by molar-refractivity contribution is 14.0. The molecule has 2 aromatic carbocycles. The van der Waals surface area contributed by atoms with Gasteiger partial charge in [0.2, 0.25) is 0 Å². The molecule has 2 rings (SSSR count). The van der Waals surface area contributed by atoms with Gasteiger partial charge in [-0.25, -0.2) is 0 Å². The molecule has 0 aliphatic heterocycles. The molecule has 0 aliphatic rings. The van der Waals surface area contributed by atoms with Crippen molar-refractivity contribution in [2.75, 3.05) is 27.3 Å². The normalized spacial score (nSPS) is 11.8. The van der Waals surface area contributed by atoms with Gasteiger partial charge >= 0.3 is 0 Å². The first-order valence-electron chi connectivity index (χ1n) is 9.12. The number of nitrogens with one attached hydrogen (secondary N) is 2. The van der Waals surface area contributed by atoms with Gasteiger partial charge in [-0.05, 0) is 43.7 Å². The average Bonchev–Trinajstić information content (AvgIpc) is 2.69. The highest BCUT2D eigenvalue weighted by atomic mass is 127. The Morgan fingerprint density at radius 3 is 2.50 bits per heavy atom. The fourth-order valence-electron chi connectivity index (χ4n) is 2.53. The van der Waals surface area contributed by atoms with Gasteiger partial charge in [-0.2, -0.15) is 0 Å². The van der Waals surface area contributed by atoms with Gasteiger partial charge < -0.3 is 24.8 Å². The third kappa shape index (κ3) is 7.84. The first-order chi connectivity index (χ1) is 13.2. The van der Waals surface area contributed by atoms with Crippen molar-refractivity contribution in [3.05, 3.63) is 54.1 Å². The number of hydrogen-bond donors (Lipinski definition) is 2. The van der Waals surface area contributed by atoms with E-state index in [1.54, 1.807) is 14.2 Å². The van der Waals surface area contributed by atoms with Crippen LogP contribution in [0.1, 0.15) is 19.4 Å². The van der Waals surface area contributed by atoms with E-state index in [0.29, 0.717) is 25.7 Å². The van der Waals surface area contributed by atoms with Crippen LogP contribution in [0.15, 0.2) is 53.5 Å². The number of methoxy groups -OCH3 is 1. The number of rotatable bonds is 9. The fraction of sp³-hybridized carbons (Fsp3) is 0.381. The van der Waals surface area contributed by atoms with Crippen molar-refractivity contribution in [1.29, 1.82) is 0 Å². The largest absolute Gasteiger partial charge is 0.494 e. The molecule has 2 N–H and O–H groups in total. The third-order valence-electron chi connectivity index (χ3n) is 3.85. The fourth-order valence-corrected chi connectivity index (χ4v) is 2.53. The molecule has 2 aromatic rings. The Kier molecular flexibility index (Phi) is 11.2. The van der Waals surface area contributed by atoms with E-state index >= 15 is 0 Å². The van der Waals surface area contributed by atoms with Crippen molar-refractivity contribution in [3.8, 4) is 17.2 Å². The zero-order valence-electron chi connectivity index (χ0n) is 16.9. The molecular formula is C21H30IN3O3. The monoisotopic (exact) mass is 499 g/mol. The van der Waals surface area contributed by atoms with Gasteiger partial charge in [0, 0.05) is 13.6 Å². The minimum absolute atomic E-state index is 0. The van der Waals surface area contributed by atoms with Gasteiger partial charge in [-0.3, -0.25) is 4.99 Å². The van der Waals surface area contributed by atoms with Crippen LogP contribution >= 0.6 is 24.0 Å². The minimum atomic E-state index is -0.0545. The summed E-state index contributed by atoms with van der Waals surface area (Å²) in [7, 11) is 3.38. The van der Waals surface area contributed by atoms with Gasteiger partial charge in [0.05, 0.1) is 20.3 Å². The van der Waals surface area contributed by atoms with E-state index in [2.05, 4.69) is 21.7 Å². The molecule has 0 heterocycles. The Morgan fingerprint density at radius 2 is 1.82 bits per heavy atom. The Balaban J connectivity index is 0.00000392. The van der Waals surface area contributed by atoms with Crippen molar-refractivity contribution in [2.45, 2.75) is 26.5 Å². The molecule has 1 unspecified atom stereocenters. The van der Waals surface area contributed by atoms with Crippen molar-refractivity contribution in [3.63, 3.8) is 0 Å². The minimum Gasteiger partial charge on any atom is -0.494 e. The summed E-state index contributed by atoms with van der Waals surface area (Å²) in [6.07, 6.45) is -0.0545. The number of guanidine groups is 1. The van der Waals surface area contributed by atoms with Gasteiger partial charge in [0.1, 0.15) is 11.9 Å². The Hall–Kier alpha value is -2.16. The summed E-state index contributed by atoms with van der Waals surface area (Å²) in [6.45, 7) is 5.90. The van der Waals surface area contributed by atoms with E-state index in [1.807, 2.05) is 56.3 Å². The molecule has 154 valence electrons. The lowest BCUT2D eigenvalue weighted by Gasteiger charge is -2.19. The van der Waals surface area contributed by atoms with Gasteiger partial charge in [-0.1, -0.05) is 24.3 Å². The predicted molar refractivity (Wildman–Crippen MR) is 124 cm³/mol. The van der Waals surface area contributed by atoms with Crippen LogP contribution in [-0.4, -0.2) is 39.4 Å². The SMILES string of the molecule is CCOc1cccc(CNC(=NC)NCC(C)Oc2ccccc2OC)c1.I. The van der Waals surface area contributed by atoms with Crippen LogP contribution in [0.5, 0.6) is 17.2 Å². The van der Waals surface area contributed by atoms with Gasteiger partial charge in [0.15, 0.2) is 17.5 Å². The molecule has 0 amide bonds. The van der Waals surface area contributed by atoms with Crippen molar-refractivity contribution < 1.29 is 14.2 Å². The molecule has 0 aliphatic carbocycles. The van der Waals surface area contributed by atoms with Crippen LogP contribution in [0, 0.1) is 0 Å². The lowest BCUT2D eigenvalue weighted by atomic mass is 10.2. The zero-order chi connectivity index (χ0) is 19.5. The maximum atomic E-state index is 5.95. The predicted octanol–water partition coefficient (Wildman–Crippen LogP) is 3.84. The van der Waals surface area contributed by atoms with Crippen LogP contribution in [0.25, 0.3) is 0 Å². The molecule has 0 spiro atoms. The van der Waals surface area contributed by atoms with Gasteiger partial charge in [-0.15, -0.1) is 24.0 Å². The first-order valence-corrected chi connectivity index (χ1v) is 9.12. The summed E-state index contributed by atoms with van der Waals surface area (Å²) in [6, 6.07) is 15.6. The molecule has 0 fully saturated rings. The van der Waals surface area contributed by atoms with Crippen molar-refractivity contribution in [2.24, 2.45) is 4.99 Å². The number of para-hydroxylation sites is 2. The number of aliphatic imine (C=N–C) groups is 1. The number of hydrogen-bond acceptors (Lipinski definition) is 4. The van der Waals surface area contributed by atoms with Gasteiger partial charge in [0.25, 0.3) is 0 Å². The van der Waals surface area contributed by atoms with Crippen molar-refractivity contribution in [1.82, 2.24) is 10.6 Å². The van der Waals surface area contributed by atoms with E-state index in [0.717, 1.165) is 22.8 Å². The van der Waals surface area contributed by atoms with Crippen LogP contribution in [-0.2, 0) is 6.54 Å². The maximum absolute atomic E-state index is 5.95. The lowest BCUT2D eigenvalue weighted by Crippen LogP contribution is -2.41. The Morgan fingerprint density at radius 1 is 1.07 bits per heavy atom. The van der Waals surface area contributed by atoms with Crippen LogP contribution < -0.4 is 24.8 Å². The molecule has 7 heteroatoms. The molecule has 6 nitrogen and oxygen atoms in total. The smallest absolute Gasteiger partial charge is 0.191 e. The van der Waals surface area contributed by atoms with E-state index in [9.17, 15) is 0 Å². The zero-order valence-corrected chi connectivity index (χ0v) is 19.2. The quantitative estimate of drug-likeness (QED) is 0.312. The van der Waals surface area contributed by atoms with Crippen molar-refractivity contribution >= 4 is 29.9 Å². The number of halogens is 1. The summed E-state index contributed by atoms with van der Waals surface area (Å²) in [5, 5.41) is 6.58. The number of benzene rings is 2. The van der Waals surface area contributed by atoms with E-state index in [1.165, 1.54) is 0 Å². The van der Waals surface area contributed by atoms with E-state index < -0.39 is 0 Å². The summed E-state index contributed by atoms with van der Waals surface area (Å²) < 4.78 is 16.8. The van der Waals surface area contributed by atoms with Crippen LogP contribution in [0.3, 0.4) is 0 Å². The summed E-state index contributed by atoms with van der Waals surface area (Å²) in [5.41, 5.74) is 1.13. The van der Waals surface area contributed by atoms with E-state index in [4.69, 9.17) is 14.2 Å². The highest BCUT2D eigenvalue weighted by Gasteiger charge is 2.09. The summed E-state index contributed by atoms with van der Waals surface area (Å²) >= 11 is 0. The van der Waals surface area contributed by atoms with Crippen LogP contribution in [0.4, 0.5) is 0 Å². The molecule has 0 bridgehead atoms. The summed E-state index contributed by atoms with van der Waals surface area (Å²) in [4.78, 5) is 4.26. The van der Waals surface area contributed by atoms with E-state index in [-0.39, 0.29) is 30.1 Å². The molecule has 0 saturated carbocycles. The lowest BCUT2D eigenvalue weighted by molar-refractivity contribution is 0.213. The highest BCUT2D eigenvalue weighted by Crippen LogP contribution is 2.26. The topological polar surface area (TPSA) is 64.1 Å². The second-order valence-corrected chi connectivity index (χ2v) is 5.97. The number of nitrogens with zero attached hydrogens (tertiary/aromatic N) is 1. The second kappa shape index (κ2) is 13.1. The standard InChI is InChI=1S/C21H29N3O3.HI/c1-5-26-18-10-8-9-17(13-18)15-24-21(22-3)23-14-16(2)27-20-12-7-6-11-19(20)25-4;/h6-13,16H,5,14-15H2,1-4H3,(H2,22,23,24);1H. The Bertz CT molecular complexity index is 740. The maximum Gasteiger partial charge on any atom is 0.191 e. The molecule has 0 radical (unpaired) electrons. The van der Waals surface area contributed by atoms with Crippen LogP contribution in [0.2, 0.25) is 0 Å². The number of ether oxygens (including phenoxy) is 3. The Labute approximate surface area is 184 Å². The third-order valence-corrected chi connectivity index (χ3v) is 3.85. The molecule has 1 atom stereocenters. The summed E-state index contributed by atoms with van der Waals surface area (Å²) in [5.74, 6) is 3.04. The molecule has 0 aromatic heterocycles. The second-order valence-electron chi connectivity index (χ2n) is 5.97. The molecular weight excluding hydrogens is 469 g/mol. The molecule has 0 saturated heterocycles. The molecule has 28 heavy (non-hydrogen) atoms.